The van der Waals surface area contributed by atoms with Gasteiger partial charge in [-0.2, -0.15) is 0 Å². The van der Waals surface area contributed by atoms with E-state index >= 15 is 0 Å². The first kappa shape index (κ1) is 20.1. The van der Waals surface area contributed by atoms with E-state index < -0.39 is 0 Å². The maximum atomic E-state index is 11.2. The monoisotopic (exact) mass is 399 g/mol. The maximum Gasteiger partial charge on any atom is 0.150 e. The highest BCUT2D eigenvalue weighted by molar-refractivity contribution is 5.77. The summed E-state index contributed by atoms with van der Waals surface area (Å²) in [6.45, 7) is 13.3. The standard InChI is InChI=1S/C26H29N3O/c1-25(2,3)18-14-17(15-19(16-18)26(4,5)6)20-10-9-13-23(24(20)30)29-27-21-11-7-8-12-22(21)28-29/h7-16,30H,1-6H3. The SMILES string of the molecule is CC(C)(C)c1cc(-c2cccc(-n3nc4ccccc4n3)c2O)cc(C(C)(C)C)c1. The van der Waals surface area contributed by atoms with E-state index in [1.54, 1.807) is 0 Å². The minimum atomic E-state index is 0.00447. The number of aromatic hydroxyl groups is 1. The van der Waals surface area contributed by atoms with Crippen LogP contribution >= 0.6 is 0 Å². The van der Waals surface area contributed by atoms with Crippen LogP contribution in [0.5, 0.6) is 5.75 Å². The summed E-state index contributed by atoms with van der Waals surface area (Å²) in [7, 11) is 0. The zero-order valence-electron chi connectivity index (χ0n) is 18.6. The van der Waals surface area contributed by atoms with Crippen LogP contribution in [0.25, 0.3) is 27.8 Å². The molecule has 0 saturated heterocycles. The Balaban J connectivity index is 1.90. The van der Waals surface area contributed by atoms with Crippen molar-refractivity contribution in [1.29, 1.82) is 0 Å². The average molecular weight is 400 g/mol. The highest BCUT2D eigenvalue weighted by Crippen LogP contribution is 2.39. The Morgan fingerprint density at radius 2 is 1.23 bits per heavy atom. The number of nitrogens with zero attached hydrogens (tertiary/aromatic N) is 3. The van der Waals surface area contributed by atoms with Crippen molar-refractivity contribution in [2.75, 3.05) is 0 Å². The second-order valence-corrected chi connectivity index (χ2v) is 9.95. The lowest BCUT2D eigenvalue weighted by atomic mass is 9.79. The van der Waals surface area contributed by atoms with Gasteiger partial charge in [0.15, 0.2) is 5.75 Å². The summed E-state index contributed by atoms with van der Waals surface area (Å²) in [6, 6.07) is 20.1. The van der Waals surface area contributed by atoms with Gasteiger partial charge in [-0.25, -0.2) is 0 Å². The van der Waals surface area contributed by atoms with E-state index in [1.807, 2.05) is 42.5 Å². The van der Waals surface area contributed by atoms with E-state index in [1.165, 1.54) is 15.9 Å². The van der Waals surface area contributed by atoms with Gasteiger partial charge < -0.3 is 5.11 Å². The number of phenolic OH excluding ortho intramolecular Hbond substituents is 1. The molecule has 0 bridgehead atoms. The minimum absolute atomic E-state index is 0.00447. The fourth-order valence-corrected chi connectivity index (χ4v) is 3.54. The first-order valence-corrected chi connectivity index (χ1v) is 10.3. The zero-order chi connectivity index (χ0) is 21.7. The molecule has 3 aromatic carbocycles. The predicted molar refractivity (Wildman–Crippen MR) is 123 cm³/mol. The number of rotatable bonds is 2. The second kappa shape index (κ2) is 6.98. The summed E-state index contributed by atoms with van der Waals surface area (Å²) in [6.07, 6.45) is 0. The zero-order valence-corrected chi connectivity index (χ0v) is 18.6. The lowest BCUT2D eigenvalue weighted by molar-refractivity contribution is 0.469. The molecule has 0 radical (unpaired) electrons. The molecule has 4 rings (SSSR count). The first-order valence-electron chi connectivity index (χ1n) is 10.3. The molecule has 4 heteroatoms. The molecule has 0 saturated carbocycles. The lowest BCUT2D eigenvalue weighted by Crippen LogP contribution is -2.16. The van der Waals surface area contributed by atoms with Crippen LogP contribution < -0.4 is 0 Å². The molecule has 4 aromatic rings. The molecule has 154 valence electrons. The highest BCUT2D eigenvalue weighted by atomic mass is 16.3. The van der Waals surface area contributed by atoms with Gasteiger partial charge in [0.1, 0.15) is 16.7 Å². The molecule has 0 fully saturated rings. The fourth-order valence-electron chi connectivity index (χ4n) is 3.54. The Bertz CT molecular complexity index is 1160. The molecule has 0 atom stereocenters. The number of benzene rings is 3. The molecule has 0 aliphatic heterocycles. The second-order valence-electron chi connectivity index (χ2n) is 9.95. The third kappa shape index (κ3) is 3.70. The molecule has 1 aromatic heterocycles. The summed E-state index contributed by atoms with van der Waals surface area (Å²) in [5, 5.41) is 20.3. The van der Waals surface area contributed by atoms with E-state index in [0.717, 1.165) is 22.2 Å². The summed E-state index contributed by atoms with van der Waals surface area (Å²) < 4.78 is 0. The maximum absolute atomic E-state index is 11.2. The van der Waals surface area contributed by atoms with Crippen LogP contribution in [0, 0.1) is 0 Å². The highest BCUT2D eigenvalue weighted by Gasteiger charge is 2.22. The van der Waals surface area contributed by atoms with E-state index in [-0.39, 0.29) is 16.6 Å². The third-order valence-electron chi connectivity index (χ3n) is 5.49. The molecule has 30 heavy (non-hydrogen) atoms. The number of hydrogen-bond donors (Lipinski definition) is 1. The van der Waals surface area contributed by atoms with Crippen LogP contribution in [0.4, 0.5) is 0 Å². The largest absolute Gasteiger partial charge is 0.505 e. The molecule has 0 unspecified atom stereocenters. The lowest BCUT2D eigenvalue weighted by Gasteiger charge is -2.26. The summed E-state index contributed by atoms with van der Waals surface area (Å²) in [5.41, 5.74) is 6.46. The van der Waals surface area contributed by atoms with Crippen LogP contribution in [-0.4, -0.2) is 20.1 Å². The molecular formula is C26H29N3O. The van der Waals surface area contributed by atoms with Gasteiger partial charge in [0.05, 0.1) is 0 Å². The van der Waals surface area contributed by atoms with Crippen molar-refractivity contribution >= 4 is 11.0 Å². The first-order chi connectivity index (χ1) is 14.0. The van der Waals surface area contributed by atoms with Crippen molar-refractivity contribution in [1.82, 2.24) is 15.0 Å². The molecule has 0 aliphatic rings. The van der Waals surface area contributed by atoms with Gasteiger partial charge in [0.2, 0.25) is 0 Å². The van der Waals surface area contributed by atoms with Gasteiger partial charge in [-0.15, -0.1) is 15.0 Å². The van der Waals surface area contributed by atoms with Gasteiger partial charge in [0.25, 0.3) is 0 Å². The number of hydrogen-bond acceptors (Lipinski definition) is 3. The normalized spacial score (nSPS) is 12.5. The van der Waals surface area contributed by atoms with Crippen molar-refractivity contribution in [2.24, 2.45) is 0 Å². The van der Waals surface area contributed by atoms with Crippen LogP contribution in [0.2, 0.25) is 0 Å². The van der Waals surface area contributed by atoms with Crippen molar-refractivity contribution in [3.8, 4) is 22.6 Å². The summed E-state index contributed by atoms with van der Waals surface area (Å²) in [5.74, 6) is 0.184. The number of phenols is 1. The van der Waals surface area contributed by atoms with E-state index in [9.17, 15) is 5.11 Å². The van der Waals surface area contributed by atoms with Gasteiger partial charge >= 0.3 is 0 Å². The Hall–Kier alpha value is -3.14. The van der Waals surface area contributed by atoms with Crippen LogP contribution in [0.15, 0.2) is 60.7 Å². The average Bonchev–Trinajstić information content (AvgIpc) is 3.10. The predicted octanol–water partition coefficient (Wildman–Crippen LogP) is 6.39. The molecule has 0 amide bonds. The minimum Gasteiger partial charge on any atom is -0.505 e. The molecule has 0 spiro atoms. The van der Waals surface area contributed by atoms with E-state index in [0.29, 0.717) is 5.69 Å². The summed E-state index contributed by atoms with van der Waals surface area (Å²) in [4.78, 5) is 1.52. The number of para-hydroxylation sites is 1. The third-order valence-corrected chi connectivity index (χ3v) is 5.49. The smallest absolute Gasteiger partial charge is 0.150 e. The molecular weight excluding hydrogens is 370 g/mol. The fraction of sp³-hybridized carbons (Fsp3) is 0.308. The molecule has 1 heterocycles. The molecule has 1 N–H and O–H groups in total. The Kier molecular flexibility index (Phi) is 4.69. The Morgan fingerprint density at radius 1 is 0.700 bits per heavy atom. The van der Waals surface area contributed by atoms with Crippen LogP contribution in [-0.2, 0) is 10.8 Å². The Morgan fingerprint density at radius 3 is 1.73 bits per heavy atom. The van der Waals surface area contributed by atoms with Crippen molar-refractivity contribution in [3.63, 3.8) is 0 Å². The van der Waals surface area contributed by atoms with E-state index in [4.69, 9.17) is 0 Å². The Labute approximate surface area is 178 Å². The molecule has 4 nitrogen and oxygen atoms in total. The van der Waals surface area contributed by atoms with Crippen molar-refractivity contribution < 1.29 is 5.11 Å². The quantitative estimate of drug-likeness (QED) is 0.425. The number of aromatic nitrogens is 3. The van der Waals surface area contributed by atoms with Gasteiger partial charge in [-0.3, -0.25) is 0 Å². The van der Waals surface area contributed by atoms with E-state index in [2.05, 4.69) is 69.9 Å². The van der Waals surface area contributed by atoms with Gasteiger partial charge in [0, 0.05) is 5.56 Å². The van der Waals surface area contributed by atoms with Crippen LogP contribution in [0.1, 0.15) is 52.7 Å². The van der Waals surface area contributed by atoms with Crippen molar-refractivity contribution in [2.45, 2.75) is 52.4 Å². The molecule has 0 aliphatic carbocycles. The van der Waals surface area contributed by atoms with Crippen molar-refractivity contribution in [3.05, 3.63) is 71.8 Å². The summed E-state index contributed by atoms with van der Waals surface area (Å²) >= 11 is 0. The van der Waals surface area contributed by atoms with Crippen LogP contribution in [0.3, 0.4) is 0 Å². The topological polar surface area (TPSA) is 50.9 Å². The number of fused-ring (bicyclic) bond motifs is 1. The van der Waals surface area contributed by atoms with Gasteiger partial charge in [-0.1, -0.05) is 84.0 Å². The van der Waals surface area contributed by atoms with Gasteiger partial charge in [-0.05, 0) is 45.7 Å².